The second-order valence-electron chi connectivity index (χ2n) is 5.15. The van der Waals surface area contributed by atoms with E-state index < -0.39 is 4.92 Å². The monoisotopic (exact) mass is 299 g/mol. The van der Waals surface area contributed by atoms with Crippen LogP contribution in [-0.4, -0.2) is 23.9 Å². The van der Waals surface area contributed by atoms with Crippen molar-refractivity contribution in [2.75, 3.05) is 7.11 Å². The molecule has 2 aromatic rings. The Hall–Kier alpha value is -2.73. The number of ether oxygens (including phenoxy) is 1. The number of para-hydroxylation sites is 1. The molecule has 1 saturated heterocycles. The number of nitrogens with two attached hydrogens (primary N) is 1. The third kappa shape index (κ3) is 2.56. The molecule has 1 aliphatic heterocycles. The smallest absolute Gasteiger partial charge is 0.278 e. The number of nitro benzene ring substituents is 1. The van der Waals surface area contributed by atoms with E-state index in [1.54, 1.807) is 49.6 Å². The molecule has 0 spiro atoms. The van der Waals surface area contributed by atoms with Crippen LogP contribution in [0.25, 0.3) is 0 Å². The first kappa shape index (κ1) is 14.2. The van der Waals surface area contributed by atoms with Crippen LogP contribution in [0.15, 0.2) is 48.5 Å². The lowest BCUT2D eigenvalue weighted by Gasteiger charge is -2.00. The van der Waals surface area contributed by atoms with Crippen LogP contribution >= 0.6 is 0 Å². The average Bonchev–Trinajstić information content (AvgIpc) is 3.34. The van der Waals surface area contributed by atoms with E-state index in [2.05, 4.69) is 0 Å². The van der Waals surface area contributed by atoms with Gasteiger partial charge in [-0.1, -0.05) is 12.1 Å². The molecule has 1 fully saturated rings. The minimum absolute atomic E-state index is 0.0224. The number of rotatable bonds is 5. The van der Waals surface area contributed by atoms with Gasteiger partial charge in [-0.05, 0) is 30.3 Å². The molecule has 22 heavy (non-hydrogen) atoms. The minimum Gasteiger partial charge on any atom is -0.497 e. The summed E-state index contributed by atoms with van der Waals surface area (Å²) in [6.45, 7) is 0. The number of carbonyl (C=O) groups excluding carboxylic acids is 1. The van der Waals surface area contributed by atoms with Gasteiger partial charge in [0.05, 0.1) is 17.6 Å². The van der Waals surface area contributed by atoms with Gasteiger partial charge < -0.3 is 10.1 Å². The van der Waals surface area contributed by atoms with Crippen molar-refractivity contribution in [1.82, 2.24) is 0 Å². The lowest BCUT2D eigenvalue weighted by molar-refractivity contribution is -0.512. The fourth-order valence-corrected chi connectivity index (χ4v) is 2.59. The Kier molecular flexibility index (Phi) is 3.60. The number of nitrogens with zero attached hydrogens (tertiary/aromatic N) is 1. The fraction of sp³-hybridized carbons (Fsp3) is 0.188. The number of hydrogen-bond acceptors (Lipinski definition) is 4. The molecule has 2 aromatic carbocycles. The summed E-state index contributed by atoms with van der Waals surface area (Å²) in [5.74, 6) is 0.664. The zero-order valence-electron chi connectivity index (χ0n) is 11.9. The second kappa shape index (κ2) is 5.57. The van der Waals surface area contributed by atoms with Crippen LogP contribution < -0.4 is 10.1 Å². The molecule has 2 N–H and O–H groups in total. The Morgan fingerprint density at radius 3 is 2.50 bits per heavy atom. The summed E-state index contributed by atoms with van der Waals surface area (Å²) in [6.07, 6.45) is 0. The van der Waals surface area contributed by atoms with E-state index in [0.29, 0.717) is 16.9 Å². The highest BCUT2D eigenvalue weighted by Gasteiger charge is 2.52. The number of benzene rings is 2. The number of nitro groups is 1. The van der Waals surface area contributed by atoms with Gasteiger partial charge in [-0.15, -0.1) is 0 Å². The third-order valence-corrected chi connectivity index (χ3v) is 3.83. The van der Waals surface area contributed by atoms with E-state index in [9.17, 15) is 14.9 Å². The van der Waals surface area contributed by atoms with Crippen LogP contribution in [0.4, 0.5) is 5.69 Å². The van der Waals surface area contributed by atoms with Crippen LogP contribution in [0.2, 0.25) is 0 Å². The van der Waals surface area contributed by atoms with Gasteiger partial charge in [0, 0.05) is 11.6 Å². The normalized spacial score (nSPS) is 19.5. The molecule has 0 amide bonds. The molecule has 0 bridgehead atoms. The first-order valence-electron chi connectivity index (χ1n) is 6.88. The van der Waals surface area contributed by atoms with E-state index in [-0.39, 0.29) is 23.6 Å². The number of quaternary nitrogens is 1. The predicted octanol–water partition coefficient (Wildman–Crippen LogP) is 1.47. The molecule has 112 valence electrons. The summed E-state index contributed by atoms with van der Waals surface area (Å²) in [5.41, 5.74) is 1.25. The summed E-state index contributed by atoms with van der Waals surface area (Å²) >= 11 is 0. The van der Waals surface area contributed by atoms with Crippen LogP contribution in [0.5, 0.6) is 5.75 Å². The van der Waals surface area contributed by atoms with E-state index in [1.165, 1.54) is 6.07 Å². The van der Waals surface area contributed by atoms with Crippen molar-refractivity contribution in [1.29, 1.82) is 0 Å². The maximum absolute atomic E-state index is 12.4. The summed E-state index contributed by atoms with van der Waals surface area (Å²) in [5, 5.41) is 12.9. The topological polar surface area (TPSA) is 86.0 Å². The Morgan fingerprint density at radius 1 is 1.18 bits per heavy atom. The van der Waals surface area contributed by atoms with Gasteiger partial charge in [0.1, 0.15) is 5.75 Å². The van der Waals surface area contributed by atoms with Gasteiger partial charge in [0.15, 0.2) is 6.04 Å². The number of carbonyl (C=O) groups is 1. The van der Waals surface area contributed by atoms with Gasteiger partial charge >= 0.3 is 0 Å². The van der Waals surface area contributed by atoms with E-state index in [0.717, 1.165) is 0 Å². The van der Waals surface area contributed by atoms with Crippen molar-refractivity contribution in [3.05, 3.63) is 69.8 Å². The molecule has 0 radical (unpaired) electrons. The van der Waals surface area contributed by atoms with E-state index in [1.807, 2.05) is 5.32 Å². The summed E-state index contributed by atoms with van der Waals surface area (Å²) in [4.78, 5) is 23.1. The number of methoxy groups -OCH3 is 1. The molecular weight excluding hydrogens is 284 g/mol. The van der Waals surface area contributed by atoms with Crippen molar-refractivity contribution in [2.45, 2.75) is 12.1 Å². The molecular formula is C16H15N2O4+. The van der Waals surface area contributed by atoms with Gasteiger partial charge in [-0.25, -0.2) is 0 Å². The second-order valence-corrected chi connectivity index (χ2v) is 5.15. The third-order valence-electron chi connectivity index (χ3n) is 3.83. The molecule has 1 heterocycles. The van der Waals surface area contributed by atoms with Crippen LogP contribution in [0, 0.1) is 10.1 Å². The number of hydrogen-bond donors (Lipinski definition) is 1. The molecule has 0 unspecified atom stereocenters. The SMILES string of the molecule is COc1ccc(C(=O)[C@@H]2[NH2+][C@H]2c2ccccc2[N+](=O)[O-])cc1. The van der Waals surface area contributed by atoms with Crippen LogP contribution in [-0.2, 0) is 0 Å². The Balaban J connectivity index is 1.79. The van der Waals surface area contributed by atoms with Crippen molar-refractivity contribution in [2.24, 2.45) is 0 Å². The first-order chi connectivity index (χ1) is 10.6. The molecule has 0 aromatic heterocycles. The highest BCUT2D eigenvalue weighted by molar-refractivity contribution is 6.00. The largest absolute Gasteiger partial charge is 0.497 e. The predicted molar refractivity (Wildman–Crippen MR) is 78.9 cm³/mol. The summed E-state index contributed by atoms with van der Waals surface area (Å²) < 4.78 is 5.06. The summed E-state index contributed by atoms with van der Waals surface area (Å²) in [6, 6.07) is 13.0. The molecule has 0 aliphatic carbocycles. The van der Waals surface area contributed by atoms with Crippen molar-refractivity contribution >= 4 is 11.5 Å². The van der Waals surface area contributed by atoms with Crippen LogP contribution in [0.3, 0.4) is 0 Å². The first-order valence-corrected chi connectivity index (χ1v) is 6.88. The fourth-order valence-electron chi connectivity index (χ4n) is 2.59. The average molecular weight is 299 g/mol. The highest BCUT2D eigenvalue weighted by Crippen LogP contribution is 2.30. The zero-order chi connectivity index (χ0) is 15.7. The van der Waals surface area contributed by atoms with Crippen molar-refractivity contribution in [3.8, 4) is 5.75 Å². The Labute approximate surface area is 126 Å². The maximum atomic E-state index is 12.4. The van der Waals surface area contributed by atoms with Gasteiger partial charge in [-0.2, -0.15) is 0 Å². The van der Waals surface area contributed by atoms with Gasteiger partial charge in [0.25, 0.3) is 5.69 Å². The molecule has 2 atom stereocenters. The lowest BCUT2D eigenvalue weighted by atomic mass is 10.0. The Bertz CT molecular complexity index is 727. The lowest BCUT2D eigenvalue weighted by Crippen LogP contribution is -2.62. The minimum atomic E-state index is -0.406. The van der Waals surface area contributed by atoms with Crippen LogP contribution in [0.1, 0.15) is 22.0 Å². The van der Waals surface area contributed by atoms with Crippen molar-refractivity contribution < 1.29 is 19.8 Å². The molecule has 1 aliphatic rings. The molecule has 6 nitrogen and oxygen atoms in total. The Morgan fingerprint density at radius 2 is 1.86 bits per heavy atom. The molecule has 3 rings (SSSR count). The van der Waals surface area contributed by atoms with E-state index >= 15 is 0 Å². The standard InChI is InChI=1S/C16H14N2O4/c1-22-11-8-6-10(7-9-11)16(19)15-14(17-15)12-4-2-3-5-13(12)18(20)21/h2-9,14-15,17H,1H3/p+1/t14-,15+/m0/s1. The quantitative estimate of drug-likeness (QED) is 0.392. The number of Topliss-reactive ketones (excluding diaryl/α,β-unsaturated/α-hetero) is 1. The molecule has 6 heteroatoms. The molecule has 0 saturated carbocycles. The maximum Gasteiger partial charge on any atom is 0.278 e. The van der Waals surface area contributed by atoms with Gasteiger partial charge in [0.2, 0.25) is 11.8 Å². The van der Waals surface area contributed by atoms with Crippen molar-refractivity contribution in [3.63, 3.8) is 0 Å². The highest BCUT2D eigenvalue weighted by atomic mass is 16.6. The van der Waals surface area contributed by atoms with E-state index in [4.69, 9.17) is 4.74 Å². The zero-order valence-corrected chi connectivity index (χ0v) is 11.9. The summed E-state index contributed by atoms with van der Waals surface area (Å²) in [7, 11) is 1.57. The number of ketones is 1. The van der Waals surface area contributed by atoms with Gasteiger partial charge in [-0.3, -0.25) is 14.9 Å².